The van der Waals surface area contributed by atoms with Gasteiger partial charge in [0.05, 0.1) is 29.8 Å². The van der Waals surface area contributed by atoms with E-state index in [9.17, 15) is 14.4 Å². The maximum absolute atomic E-state index is 13.6. The van der Waals surface area contributed by atoms with E-state index in [1.54, 1.807) is 9.80 Å². The largest absolute Gasteiger partial charge is 0.469 e. The molecule has 2 aromatic rings. The molecule has 6 nitrogen and oxygen atoms in total. The Balaban J connectivity index is 1.53. The maximum Gasteiger partial charge on any atom is 0.305 e. The zero-order valence-electron chi connectivity index (χ0n) is 19.2. The monoisotopic (exact) mass is 494 g/mol. The third-order valence-electron chi connectivity index (χ3n) is 5.95. The number of methoxy groups -OCH3 is 1. The van der Waals surface area contributed by atoms with E-state index in [-0.39, 0.29) is 17.8 Å². The van der Waals surface area contributed by atoms with Gasteiger partial charge < -0.3 is 9.64 Å². The van der Waals surface area contributed by atoms with Crippen molar-refractivity contribution < 1.29 is 19.1 Å². The molecule has 1 saturated heterocycles. The van der Waals surface area contributed by atoms with Crippen LogP contribution >= 0.6 is 24.0 Å². The Morgan fingerprint density at radius 1 is 0.971 bits per heavy atom. The normalized spacial score (nSPS) is 17.5. The molecule has 176 valence electrons. The lowest BCUT2D eigenvalue weighted by atomic mass is 10.1. The first-order chi connectivity index (χ1) is 16.4. The summed E-state index contributed by atoms with van der Waals surface area (Å²) in [5, 5.41) is 0. The molecule has 0 saturated carbocycles. The van der Waals surface area contributed by atoms with E-state index in [2.05, 4.69) is 4.74 Å². The number of thiocarbonyl (C=S) groups is 1. The van der Waals surface area contributed by atoms with Gasteiger partial charge in [0.2, 0.25) is 0 Å². The average molecular weight is 495 g/mol. The molecule has 34 heavy (non-hydrogen) atoms. The summed E-state index contributed by atoms with van der Waals surface area (Å²) in [6, 6.07) is 15.7. The number of carbonyl (C=O) groups is 3. The summed E-state index contributed by atoms with van der Waals surface area (Å²) in [7, 11) is 1.38. The molecule has 4 rings (SSSR count). The Bertz CT molecular complexity index is 1170. The first kappa shape index (κ1) is 24.2. The lowest BCUT2D eigenvalue weighted by Gasteiger charge is -2.17. The van der Waals surface area contributed by atoms with Crippen LogP contribution in [0, 0.1) is 6.92 Å². The topological polar surface area (TPSA) is 66.9 Å². The van der Waals surface area contributed by atoms with E-state index in [1.807, 2.05) is 55.5 Å². The SMILES string of the molecule is COC(=O)CCCCCN1C(=O)/C(=C2/C(=O)N(Cc3ccc(C)cc3)c3ccccc32)SC1=S. The lowest BCUT2D eigenvalue weighted by molar-refractivity contribution is -0.140. The van der Waals surface area contributed by atoms with Gasteiger partial charge in [-0.2, -0.15) is 0 Å². The van der Waals surface area contributed by atoms with E-state index in [0.717, 1.165) is 35.2 Å². The minimum Gasteiger partial charge on any atom is -0.469 e. The fraction of sp³-hybridized carbons (Fsp3) is 0.308. The maximum atomic E-state index is 13.6. The van der Waals surface area contributed by atoms with E-state index < -0.39 is 0 Å². The van der Waals surface area contributed by atoms with Gasteiger partial charge in [-0.25, -0.2) is 0 Å². The van der Waals surface area contributed by atoms with Crippen molar-refractivity contribution in [2.75, 3.05) is 18.6 Å². The van der Waals surface area contributed by atoms with E-state index >= 15 is 0 Å². The first-order valence-electron chi connectivity index (χ1n) is 11.2. The molecule has 1 fully saturated rings. The molecule has 2 aromatic carbocycles. The van der Waals surface area contributed by atoms with E-state index in [1.165, 1.54) is 18.9 Å². The van der Waals surface area contributed by atoms with Gasteiger partial charge in [0.1, 0.15) is 4.32 Å². The van der Waals surface area contributed by atoms with Crippen LogP contribution in [0.15, 0.2) is 53.4 Å². The quantitative estimate of drug-likeness (QED) is 0.226. The summed E-state index contributed by atoms with van der Waals surface area (Å²) in [6.45, 7) is 2.92. The van der Waals surface area contributed by atoms with Gasteiger partial charge in [-0.3, -0.25) is 19.3 Å². The third kappa shape index (κ3) is 4.93. The molecule has 8 heteroatoms. The van der Waals surface area contributed by atoms with Gasteiger partial charge >= 0.3 is 5.97 Å². The minimum absolute atomic E-state index is 0.180. The average Bonchev–Trinajstić information content (AvgIpc) is 3.27. The fourth-order valence-corrected chi connectivity index (χ4v) is 5.47. The van der Waals surface area contributed by atoms with Crippen LogP contribution < -0.4 is 4.90 Å². The molecular formula is C26H26N2O4S2. The Morgan fingerprint density at radius 3 is 2.44 bits per heavy atom. The Labute approximate surface area is 208 Å². The summed E-state index contributed by atoms with van der Waals surface area (Å²) in [6.07, 6.45) is 2.56. The van der Waals surface area contributed by atoms with Gasteiger partial charge in [-0.15, -0.1) is 0 Å². The van der Waals surface area contributed by atoms with Gasteiger partial charge in [0.25, 0.3) is 11.8 Å². The summed E-state index contributed by atoms with van der Waals surface area (Å²) in [4.78, 5) is 41.8. The standard InChI is InChI=1S/C26H26N2O4S2/c1-17-11-13-18(14-12-17)16-28-20-9-6-5-8-19(20)22(24(28)30)23-25(31)27(26(33)34-23)15-7-3-4-10-21(29)32-2/h5-6,8-9,11-14H,3-4,7,10,15-16H2,1-2H3/b23-22-. The molecule has 0 aliphatic carbocycles. The van der Waals surface area contributed by atoms with Crippen LogP contribution in [-0.4, -0.2) is 40.7 Å². The summed E-state index contributed by atoms with van der Waals surface area (Å²) < 4.78 is 5.12. The van der Waals surface area contributed by atoms with Crippen LogP contribution in [0.25, 0.3) is 5.57 Å². The van der Waals surface area contributed by atoms with Crippen molar-refractivity contribution in [3.63, 3.8) is 0 Å². The Morgan fingerprint density at radius 2 is 1.71 bits per heavy atom. The van der Waals surface area contributed by atoms with Gasteiger partial charge in [0.15, 0.2) is 0 Å². The number of benzene rings is 2. The van der Waals surface area contributed by atoms with Crippen LogP contribution in [0.2, 0.25) is 0 Å². The molecule has 0 unspecified atom stereocenters. The second-order valence-corrected chi connectivity index (χ2v) is 9.95. The van der Waals surface area contributed by atoms with E-state index in [4.69, 9.17) is 12.2 Å². The number of ether oxygens (including phenoxy) is 1. The number of para-hydroxylation sites is 1. The predicted molar refractivity (Wildman–Crippen MR) is 138 cm³/mol. The number of hydrogen-bond acceptors (Lipinski definition) is 6. The van der Waals surface area contributed by atoms with Crippen LogP contribution in [-0.2, 0) is 25.7 Å². The number of fused-ring (bicyclic) bond motifs is 1. The second kappa shape index (κ2) is 10.5. The van der Waals surface area contributed by atoms with Crippen molar-refractivity contribution in [2.24, 2.45) is 0 Å². The molecular weight excluding hydrogens is 468 g/mol. The van der Waals surface area contributed by atoms with Gasteiger partial charge in [0, 0.05) is 18.5 Å². The molecule has 2 amide bonds. The van der Waals surface area contributed by atoms with E-state index in [0.29, 0.717) is 40.7 Å². The van der Waals surface area contributed by atoms with Gasteiger partial charge in [-0.05, 0) is 31.4 Å². The highest BCUT2D eigenvalue weighted by Crippen LogP contribution is 2.45. The summed E-state index contributed by atoms with van der Waals surface area (Å²) in [5.41, 5.74) is 4.17. The molecule has 0 radical (unpaired) electrons. The highest BCUT2D eigenvalue weighted by Gasteiger charge is 2.41. The van der Waals surface area contributed by atoms with Crippen LogP contribution in [0.5, 0.6) is 0 Å². The minimum atomic E-state index is -0.232. The lowest BCUT2D eigenvalue weighted by Crippen LogP contribution is -2.30. The zero-order valence-corrected chi connectivity index (χ0v) is 20.8. The van der Waals surface area contributed by atoms with Crippen LogP contribution in [0.3, 0.4) is 0 Å². The molecule has 0 bridgehead atoms. The number of nitrogens with zero attached hydrogens (tertiary/aromatic N) is 2. The number of carbonyl (C=O) groups excluding carboxylic acids is 3. The first-order valence-corrected chi connectivity index (χ1v) is 12.4. The molecule has 2 aliphatic heterocycles. The Kier molecular flexibility index (Phi) is 7.48. The molecule has 2 aliphatic rings. The number of rotatable bonds is 8. The number of amides is 2. The number of hydrogen-bond donors (Lipinski definition) is 0. The summed E-state index contributed by atoms with van der Waals surface area (Å²) in [5.74, 6) is -0.636. The smallest absolute Gasteiger partial charge is 0.305 e. The van der Waals surface area contributed by atoms with Crippen molar-refractivity contribution in [1.29, 1.82) is 0 Å². The van der Waals surface area contributed by atoms with Crippen molar-refractivity contribution in [2.45, 2.75) is 39.2 Å². The van der Waals surface area contributed by atoms with Crippen molar-refractivity contribution in [3.8, 4) is 0 Å². The number of esters is 1. The van der Waals surface area contributed by atoms with Crippen molar-refractivity contribution >= 4 is 57.3 Å². The molecule has 0 spiro atoms. The Hall–Kier alpha value is -2.97. The van der Waals surface area contributed by atoms with Gasteiger partial charge in [-0.1, -0.05) is 78.4 Å². The molecule has 0 atom stereocenters. The number of aryl methyl sites for hydroxylation is 1. The van der Waals surface area contributed by atoms with Crippen LogP contribution in [0.4, 0.5) is 5.69 Å². The number of unbranched alkanes of at least 4 members (excludes halogenated alkanes) is 2. The zero-order chi connectivity index (χ0) is 24.2. The highest BCUT2D eigenvalue weighted by molar-refractivity contribution is 8.26. The molecule has 2 heterocycles. The van der Waals surface area contributed by atoms with Crippen molar-refractivity contribution in [3.05, 3.63) is 70.1 Å². The highest BCUT2D eigenvalue weighted by atomic mass is 32.2. The number of thioether (sulfide) groups is 1. The fourth-order valence-electron chi connectivity index (χ4n) is 4.09. The van der Waals surface area contributed by atoms with Crippen LogP contribution in [0.1, 0.15) is 42.4 Å². The second-order valence-electron chi connectivity index (χ2n) is 8.31. The third-order valence-corrected chi connectivity index (χ3v) is 7.40. The molecule has 0 N–H and O–H groups in total. The number of anilines is 1. The molecule has 0 aromatic heterocycles. The predicted octanol–water partition coefficient (Wildman–Crippen LogP) is 4.85. The van der Waals surface area contributed by atoms with Crippen molar-refractivity contribution in [1.82, 2.24) is 4.90 Å². The summed E-state index contributed by atoms with van der Waals surface area (Å²) >= 11 is 6.68.